The van der Waals surface area contributed by atoms with Gasteiger partial charge in [0.25, 0.3) is 0 Å². The highest BCUT2D eigenvalue weighted by molar-refractivity contribution is 14.0. The molecule has 0 bridgehead atoms. The first-order valence-electron chi connectivity index (χ1n) is 9.66. The Bertz CT molecular complexity index is 1110. The van der Waals surface area contributed by atoms with Crippen LogP contribution in [-0.2, 0) is 20.1 Å². The molecule has 4 rings (SSSR count). The van der Waals surface area contributed by atoms with E-state index in [1.807, 2.05) is 42.8 Å². The van der Waals surface area contributed by atoms with Gasteiger partial charge >= 0.3 is 0 Å². The van der Waals surface area contributed by atoms with Crippen molar-refractivity contribution in [1.82, 2.24) is 25.4 Å². The smallest absolute Gasteiger partial charge is 0.192 e. The van der Waals surface area contributed by atoms with Gasteiger partial charge in [-0.1, -0.05) is 24.3 Å². The summed E-state index contributed by atoms with van der Waals surface area (Å²) in [5, 5.41) is 28.7. The lowest BCUT2D eigenvalue weighted by molar-refractivity contribution is 0.184. The van der Waals surface area contributed by atoms with Crippen LogP contribution in [0.4, 0.5) is 0 Å². The second kappa shape index (κ2) is 11.0. The van der Waals surface area contributed by atoms with Crippen LogP contribution in [0.25, 0.3) is 10.1 Å². The number of rotatable bonds is 7. The van der Waals surface area contributed by atoms with Crippen LogP contribution >= 0.6 is 46.7 Å². The molecule has 0 aliphatic carbocycles. The number of thiophene rings is 2. The van der Waals surface area contributed by atoms with Crippen molar-refractivity contribution in [3.8, 4) is 0 Å². The van der Waals surface area contributed by atoms with Gasteiger partial charge in [0, 0.05) is 28.0 Å². The van der Waals surface area contributed by atoms with E-state index in [0.717, 1.165) is 21.9 Å². The van der Waals surface area contributed by atoms with Crippen molar-refractivity contribution in [2.45, 2.75) is 26.1 Å². The number of aryl methyl sites for hydroxylation is 1. The van der Waals surface area contributed by atoms with Gasteiger partial charge in [0.2, 0.25) is 0 Å². The fraction of sp³-hybridized carbons (Fsp3) is 0.286. The minimum atomic E-state index is -0.617. The van der Waals surface area contributed by atoms with Gasteiger partial charge in [-0.05, 0) is 35.9 Å². The number of aliphatic imine (C=N–C) groups is 1. The summed E-state index contributed by atoms with van der Waals surface area (Å²) in [6, 6.07) is 14.3. The predicted octanol–water partition coefficient (Wildman–Crippen LogP) is 3.99. The lowest BCUT2D eigenvalue weighted by Crippen LogP contribution is -2.39. The van der Waals surface area contributed by atoms with Crippen LogP contribution < -0.4 is 10.6 Å². The van der Waals surface area contributed by atoms with Crippen LogP contribution in [0.1, 0.15) is 27.5 Å². The van der Waals surface area contributed by atoms with Crippen LogP contribution in [0.3, 0.4) is 0 Å². The summed E-state index contributed by atoms with van der Waals surface area (Å²) in [6.45, 7) is 3.34. The van der Waals surface area contributed by atoms with Gasteiger partial charge in [0.1, 0.15) is 18.5 Å². The average molecular weight is 569 g/mol. The molecule has 0 aliphatic rings. The Balaban J connectivity index is 0.00000272. The maximum atomic E-state index is 10.7. The van der Waals surface area contributed by atoms with Crippen LogP contribution in [0.5, 0.6) is 0 Å². The Morgan fingerprint density at radius 3 is 2.74 bits per heavy atom. The predicted molar refractivity (Wildman–Crippen MR) is 138 cm³/mol. The molecule has 4 aromatic rings. The number of nitrogens with zero attached hydrogens (tertiary/aromatic N) is 4. The zero-order chi connectivity index (χ0) is 20.9. The molecule has 1 aromatic carbocycles. The summed E-state index contributed by atoms with van der Waals surface area (Å²) in [7, 11) is 1.93. The summed E-state index contributed by atoms with van der Waals surface area (Å²) < 4.78 is 3.10. The second-order valence-electron chi connectivity index (χ2n) is 6.90. The first kappa shape index (κ1) is 23.6. The van der Waals surface area contributed by atoms with Crippen molar-refractivity contribution in [2.24, 2.45) is 12.0 Å². The van der Waals surface area contributed by atoms with Crippen molar-refractivity contribution in [3.05, 3.63) is 69.2 Å². The zero-order valence-electron chi connectivity index (χ0n) is 17.3. The number of hydrogen-bond donors (Lipinski definition) is 3. The van der Waals surface area contributed by atoms with Gasteiger partial charge in [-0.3, -0.25) is 0 Å². The molecule has 0 radical (unpaired) electrons. The summed E-state index contributed by atoms with van der Waals surface area (Å²) in [5.74, 6) is 2.26. The molecule has 0 aliphatic heterocycles. The number of aliphatic hydroxyl groups is 1. The van der Waals surface area contributed by atoms with E-state index in [4.69, 9.17) is 0 Å². The molecule has 3 N–H and O–H groups in total. The highest BCUT2D eigenvalue weighted by Gasteiger charge is 2.13. The molecule has 1 atom stereocenters. The van der Waals surface area contributed by atoms with E-state index in [1.54, 1.807) is 22.7 Å². The fourth-order valence-electron chi connectivity index (χ4n) is 2.96. The monoisotopic (exact) mass is 568 g/mol. The van der Waals surface area contributed by atoms with Crippen molar-refractivity contribution < 1.29 is 5.11 Å². The lowest BCUT2D eigenvalue weighted by atomic mass is 10.2. The van der Waals surface area contributed by atoms with Crippen LogP contribution in [0.2, 0.25) is 0 Å². The Morgan fingerprint density at radius 1 is 1.19 bits per heavy atom. The fourth-order valence-corrected chi connectivity index (χ4v) is 4.65. The maximum Gasteiger partial charge on any atom is 0.192 e. The van der Waals surface area contributed by atoms with E-state index in [0.29, 0.717) is 25.6 Å². The van der Waals surface area contributed by atoms with Crippen LogP contribution in [0.15, 0.2) is 52.8 Å². The van der Waals surface area contributed by atoms with Crippen molar-refractivity contribution >= 4 is 62.7 Å². The Morgan fingerprint density at radius 2 is 2.03 bits per heavy atom. The number of aromatic nitrogens is 3. The quantitative estimate of drug-likeness (QED) is 0.178. The van der Waals surface area contributed by atoms with E-state index in [1.165, 1.54) is 9.58 Å². The molecular weight excluding hydrogens is 543 g/mol. The molecule has 0 spiro atoms. The number of halogens is 1. The molecule has 164 valence electrons. The van der Waals surface area contributed by atoms with Crippen molar-refractivity contribution in [2.75, 3.05) is 6.54 Å². The van der Waals surface area contributed by atoms with Gasteiger partial charge in [-0.25, -0.2) is 4.99 Å². The minimum absolute atomic E-state index is 0. The van der Waals surface area contributed by atoms with Gasteiger partial charge in [0.05, 0.1) is 6.54 Å². The lowest BCUT2D eigenvalue weighted by Gasteiger charge is -2.15. The molecule has 3 aromatic heterocycles. The molecule has 7 nitrogen and oxygen atoms in total. The largest absolute Gasteiger partial charge is 0.386 e. The molecule has 0 amide bonds. The van der Waals surface area contributed by atoms with E-state index >= 15 is 0 Å². The van der Waals surface area contributed by atoms with Crippen molar-refractivity contribution in [3.63, 3.8) is 0 Å². The number of guanidine groups is 1. The van der Waals surface area contributed by atoms with E-state index in [-0.39, 0.29) is 24.0 Å². The number of nitrogens with one attached hydrogen (secondary N) is 2. The minimum Gasteiger partial charge on any atom is -0.386 e. The number of fused-ring (bicyclic) bond motifs is 1. The summed E-state index contributed by atoms with van der Waals surface area (Å²) in [6.07, 6.45) is -0.617. The summed E-state index contributed by atoms with van der Waals surface area (Å²) >= 11 is 3.30. The van der Waals surface area contributed by atoms with Crippen LogP contribution in [-0.4, -0.2) is 32.4 Å². The van der Waals surface area contributed by atoms with E-state index in [9.17, 15) is 5.11 Å². The maximum absolute atomic E-state index is 10.7. The topological polar surface area (TPSA) is 87.4 Å². The Hall–Kier alpha value is -2.02. The van der Waals surface area contributed by atoms with Gasteiger partial charge in [-0.2, -0.15) is 0 Å². The molecule has 0 saturated heterocycles. The Kier molecular flexibility index (Phi) is 8.41. The highest BCUT2D eigenvalue weighted by atomic mass is 127. The molecule has 1 unspecified atom stereocenters. The molecule has 0 saturated carbocycles. The summed E-state index contributed by atoms with van der Waals surface area (Å²) in [5.41, 5.74) is 0. The van der Waals surface area contributed by atoms with Crippen LogP contribution in [0, 0.1) is 6.92 Å². The van der Waals surface area contributed by atoms with E-state index < -0.39 is 6.10 Å². The zero-order valence-corrected chi connectivity index (χ0v) is 21.2. The molecule has 3 heterocycles. The molecule has 0 fully saturated rings. The van der Waals surface area contributed by atoms with Crippen molar-refractivity contribution in [1.29, 1.82) is 0 Å². The number of aliphatic hydroxyl groups excluding tert-OH is 1. The number of hydrogen-bond acceptors (Lipinski definition) is 6. The number of benzene rings is 1. The standard InChI is InChI=1S/C21H24N6OS2.HI/c1-14-25-26-20(27(14)2)13-24-21(22-11-16-7-5-9-29-16)23-12-17(28)19-10-15-6-3-4-8-18(15)30-19;/h3-10,17,28H,11-13H2,1-2H3,(H2,22,23,24);1H. The van der Waals surface area contributed by atoms with Gasteiger partial charge < -0.3 is 20.3 Å². The van der Waals surface area contributed by atoms with Gasteiger partial charge in [-0.15, -0.1) is 56.8 Å². The molecule has 31 heavy (non-hydrogen) atoms. The first-order valence-corrected chi connectivity index (χ1v) is 11.4. The third-order valence-corrected chi connectivity index (χ3v) is 6.90. The third kappa shape index (κ3) is 6.03. The SMILES string of the molecule is Cc1nnc(CN=C(NCc2cccs2)NCC(O)c2cc3ccccc3s2)n1C.I. The Labute approximate surface area is 206 Å². The first-order chi connectivity index (χ1) is 14.6. The highest BCUT2D eigenvalue weighted by Crippen LogP contribution is 2.29. The van der Waals surface area contributed by atoms with E-state index in [2.05, 4.69) is 49.4 Å². The molecule has 10 heteroatoms. The second-order valence-corrected chi connectivity index (χ2v) is 9.05. The third-order valence-electron chi connectivity index (χ3n) is 4.81. The average Bonchev–Trinajstić information content (AvgIpc) is 3.49. The van der Waals surface area contributed by atoms with Gasteiger partial charge in [0.15, 0.2) is 11.8 Å². The summed E-state index contributed by atoms with van der Waals surface area (Å²) in [4.78, 5) is 6.79. The molecular formula is C21H25IN6OS2. The normalized spacial score (nSPS) is 12.5.